The standard InChI is InChI=1S/C14H18N2O2/c1-2-16-9-8-15-14(16)10-12(17)11-18-13-6-4-3-5-7-13/h3-9,12,17H,2,10-11H2,1H3. The van der Waals surface area contributed by atoms with Gasteiger partial charge in [0.2, 0.25) is 0 Å². The highest BCUT2D eigenvalue weighted by Gasteiger charge is 2.10. The van der Waals surface area contributed by atoms with Gasteiger partial charge in [-0.15, -0.1) is 0 Å². The lowest BCUT2D eigenvalue weighted by Gasteiger charge is -2.12. The predicted octanol–water partition coefficient (Wildman–Crippen LogP) is 1.89. The van der Waals surface area contributed by atoms with E-state index in [9.17, 15) is 5.11 Å². The summed E-state index contributed by atoms with van der Waals surface area (Å²) in [6, 6.07) is 9.50. The van der Waals surface area contributed by atoms with Crippen LogP contribution in [0.5, 0.6) is 5.75 Å². The summed E-state index contributed by atoms with van der Waals surface area (Å²) in [5.74, 6) is 1.66. The third kappa shape index (κ3) is 3.34. The number of hydrogen-bond donors (Lipinski definition) is 1. The number of imidazole rings is 1. The van der Waals surface area contributed by atoms with Crippen molar-refractivity contribution in [3.63, 3.8) is 0 Å². The van der Waals surface area contributed by atoms with Crippen molar-refractivity contribution in [1.82, 2.24) is 9.55 Å². The van der Waals surface area contributed by atoms with Gasteiger partial charge in [0.05, 0.1) is 6.10 Å². The number of hydrogen-bond acceptors (Lipinski definition) is 3. The van der Waals surface area contributed by atoms with Crippen molar-refractivity contribution in [1.29, 1.82) is 0 Å². The second kappa shape index (κ2) is 6.21. The molecule has 0 bridgehead atoms. The fourth-order valence-corrected chi connectivity index (χ4v) is 1.80. The molecule has 4 nitrogen and oxygen atoms in total. The highest BCUT2D eigenvalue weighted by Crippen LogP contribution is 2.09. The Labute approximate surface area is 107 Å². The van der Waals surface area contributed by atoms with Crippen molar-refractivity contribution in [2.45, 2.75) is 26.0 Å². The van der Waals surface area contributed by atoms with Crippen molar-refractivity contribution < 1.29 is 9.84 Å². The summed E-state index contributed by atoms with van der Waals surface area (Å²) < 4.78 is 7.52. The van der Waals surface area contributed by atoms with Crippen LogP contribution >= 0.6 is 0 Å². The Morgan fingerprint density at radius 1 is 1.33 bits per heavy atom. The molecule has 0 saturated carbocycles. The number of aliphatic hydroxyl groups is 1. The second-order valence-electron chi connectivity index (χ2n) is 4.11. The van der Waals surface area contributed by atoms with E-state index in [0.29, 0.717) is 6.42 Å². The van der Waals surface area contributed by atoms with E-state index in [0.717, 1.165) is 18.1 Å². The largest absolute Gasteiger partial charge is 0.491 e. The van der Waals surface area contributed by atoms with Gasteiger partial charge in [0.1, 0.15) is 18.2 Å². The molecule has 0 aliphatic carbocycles. The molecule has 4 heteroatoms. The quantitative estimate of drug-likeness (QED) is 0.846. The minimum absolute atomic E-state index is 0.278. The van der Waals surface area contributed by atoms with Gasteiger partial charge >= 0.3 is 0 Å². The third-order valence-electron chi connectivity index (χ3n) is 2.75. The van der Waals surface area contributed by atoms with Crippen molar-refractivity contribution in [3.05, 3.63) is 48.5 Å². The SMILES string of the molecule is CCn1ccnc1CC(O)COc1ccccc1. The summed E-state index contributed by atoms with van der Waals surface area (Å²) in [5.41, 5.74) is 0. The maximum atomic E-state index is 9.92. The molecule has 18 heavy (non-hydrogen) atoms. The lowest BCUT2D eigenvalue weighted by atomic mass is 10.2. The number of benzene rings is 1. The number of nitrogens with zero attached hydrogens (tertiary/aromatic N) is 2. The van der Waals surface area contributed by atoms with E-state index >= 15 is 0 Å². The van der Waals surface area contributed by atoms with Crippen LogP contribution in [0.15, 0.2) is 42.7 Å². The van der Waals surface area contributed by atoms with Crippen LogP contribution in [0.2, 0.25) is 0 Å². The molecule has 0 aliphatic heterocycles. The average molecular weight is 246 g/mol. The number of ether oxygens (including phenoxy) is 1. The smallest absolute Gasteiger partial charge is 0.119 e. The van der Waals surface area contributed by atoms with E-state index in [2.05, 4.69) is 11.9 Å². The first-order valence-electron chi connectivity index (χ1n) is 6.15. The minimum atomic E-state index is -0.544. The lowest BCUT2D eigenvalue weighted by Crippen LogP contribution is -2.22. The minimum Gasteiger partial charge on any atom is -0.491 e. The summed E-state index contributed by atoms with van der Waals surface area (Å²) in [5, 5.41) is 9.92. The van der Waals surface area contributed by atoms with Crippen LogP contribution in [0.3, 0.4) is 0 Å². The van der Waals surface area contributed by atoms with Gasteiger partial charge in [0, 0.05) is 25.4 Å². The van der Waals surface area contributed by atoms with Gasteiger partial charge in [-0.05, 0) is 19.1 Å². The number of aryl methyl sites for hydroxylation is 1. The summed E-state index contributed by atoms with van der Waals surface area (Å²) in [6.07, 6.45) is 3.63. The van der Waals surface area contributed by atoms with Crippen LogP contribution in [-0.4, -0.2) is 27.4 Å². The average Bonchev–Trinajstić information content (AvgIpc) is 2.85. The van der Waals surface area contributed by atoms with E-state index in [-0.39, 0.29) is 6.61 Å². The first-order chi connectivity index (χ1) is 8.79. The number of aliphatic hydroxyl groups excluding tert-OH is 1. The summed E-state index contributed by atoms with van der Waals surface area (Å²) in [4.78, 5) is 4.23. The molecule has 0 aliphatic rings. The Balaban J connectivity index is 1.84. The van der Waals surface area contributed by atoms with Crippen molar-refractivity contribution in [2.75, 3.05) is 6.61 Å². The molecule has 0 amide bonds. The lowest BCUT2D eigenvalue weighted by molar-refractivity contribution is 0.105. The topological polar surface area (TPSA) is 47.3 Å². The van der Waals surface area contributed by atoms with Crippen molar-refractivity contribution in [3.8, 4) is 5.75 Å². The first-order valence-corrected chi connectivity index (χ1v) is 6.15. The van der Waals surface area contributed by atoms with Gasteiger partial charge in [0.25, 0.3) is 0 Å². The molecule has 96 valence electrons. The Hall–Kier alpha value is -1.81. The molecule has 0 saturated heterocycles. The fourth-order valence-electron chi connectivity index (χ4n) is 1.80. The maximum Gasteiger partial charge on any atom is 0.119 e. The summed E-state index contributed by atoms with van der Waals surface area (Å²) in [7, 11) is 0. The van der Waals surface area contributed by atoms with Crippen LogP contribution in [0, 0.1) is 0 Å². The molecule has 1 unspecified atom stereocenters. The molecule has 1 aromatic carbocycles. The number of para-hydroxylation sites is 1. The zero-order valence-electron chi connectivity index (χ0n) is 10.5. The Morgan fingerprint density at radius 3 is 2.83 bits per heavy atom. The highest BCUT2D eigenvalue weighted by molar-refractivity contribution is 5.20. The zero-order valence-corrected chi connectivity index (χ0v) is 10.5. The summed E-state index contributed by atoms with van der Waals surface area (Å²) >= 11 is 0. The van der Waals surface area contributed by atoms with E-state index in [1.807, 2.05) is 41.1 Å². The van der Waals surface area contributed by atoms with E-state index in [1.165, 1.54) is 0 Å². The van der Waals surface area contributed by atoms with Crippen LogP contribution in [-0.2, 0) is 13.0 Å². The van der Waals surface area contributed by atoms with Crippen LogP contribution in [0.1, 0.15) is 12.7 Å². The highest BCUT2D eigenvalue weighted by atomic mass is 16.5. The van der Waals surface area contributed by atoms with Crippen LogP contribution < -0.4 is 4.74 Å². The number of rotatable bonds is 6. The molecule has 1 aromatic heterocycles. The molecule has 1 atom stereocenters. The zero-order chi connectivity index (χ0) is 12.8. The van der Waals surface area contributed by atoms with Crippen LogP contribution in [0.4, 0.5) is 0 Å². The van der Waals surface area contributed by atoms with E-state index < -0.39 is 6.10 Å². The molecule has 0 spiro atoms. The molecule has 0 fully saturated rings. The maximum absolute atomic E-state index is 9.92. The molecular weight excluding hydrogens is 228 g/mol. The molecule has 0 radical (unpaired) electrons. The van der Waals surface area contributed by atoms with Crippen LogP contribution in [0.25, 0.3) is 0 Å². The van der Waals surface area contributed by atoms with Gasteiger partial charge in [-0.1, -0.05) is 18.2 Å². The monoisotopic (exact) mass is 246 g/mol. The predicted molar refractivity (Wildman–Crippen MR) is 69.5 cm³/mol. The van der Waals surface area contributed by atoms with Crippen molar-refractivity contribution in [2.24, 2.45) is 0 Å². The van der Waals surface area contributed by atoms with Crippen molar-refractivity contribution >= 4 is 0 Å². The van der Waals surface area contributed by atoms with E-state index in [4.69, 9.17) is 4.74 Å². The molecule has 2 rings (SSSR count). The molecule has 1 N–H and O–H groups in total. The molecule has 1 heterocycles. The van der Waals surface area contributed by atoms with Gasteiger partial charge in [0.15, 0.2) is 0 Å². The van der Waals surface area contributed by atoms with Gasteiger partial charge in [-0.3, -0.25) is 0 Å². The molecular formula is C14H18N2O2. The van der Waals surface area contributed by atoms with E-state index in [1.54, 1.807) is 6.20 Å². The Kier molecular flexibility index (Phi) is 4.36. The second-order valence-corrected chi connectivity index (χ2v) is 4.11. The summed E-state index contributed by atoms with van der Waals surface area (Å²) in [6.45, 7) is 3.19. The Morgan fingerprint density at radius 2 is 2.11 bits per heavy atom. The normalized spacial score (nSPS) is 12.3. The third-order valence-corrected chi connectivity index (χ3v) is 2.75. The Bertz CT molecular complexity index is 468. The van der Waals surface area contributed by atoms with Gasteiger partial charge in [-0.25, -0.2) is 4.98 Å². The fraction of sp³-hybridized carbons (Fsp3) is 0.357. The molecule has 2 aromatic rings. The van der Waals surface area contributed by atoms with Gasteiger partial charge in [-0.2, -0.15) is 0 Å². The number of aromatic nitrogens is 2. The first kappa shape index (κ1) is 12.6. The van der Waals surface area contributed by atoms with Gasteiger partial charge < -0.3 is 14.4 Å².